The number of sulfonamides is 1. The number of nitrogens with two attached hydrogens (primary N) is 2. The third kappa shape index (κ3) is 3.46. The molecule has 2 saturated heterocycles. The Hall–Kier alpha value is -1.42. The van der Waals surface area contributed by atoms with Gasteiger partial charge in [0.05, 0.1) is 0 Å². The van der Waals surface area contributed by atoms with Crippen molar-refractivity contribution in [2.24, 2.45) is 16.3 Å². The summed E-state index contributed by atoms with van der Waals surface area (Å²) >= 11 is 2.32. The van der Waals surface area contributed by atoms with Crippen molar-refractivity contribution in [2.45, 2.75) is 22.4 Å². The van der Waals surface area contributed by atoms with E-state index >= 15 is 0 Å². The van der Waals surface area contributed by atoms with Gasteiger partial charge < -0.3 is 15.7 Å². The lowest BCUT2D eigenvalue weighted by Gasteiger charge is -2.52. The first-order valence-electron chi connectivity index (χ1n) is 6.93. The first-order chi connectivity index (χ1) is 11.6. The van der Waals surface area contributed by atoms with Crippen molar-refractivity contribution >= 4 is 45.4 Å². The normalized spacial score (nSPS) is 29.2. The second-order valence-electron chi connectivity index (χ2n) is 5.82. The lowest BCUT2D eigenvalue weighted by Crippen LogP contribution is -2.72. The quantitative estimate of drug-likeness (QED) is 0.328. The zero-order chi connectivity index (χ0) is 18.4. The van der Waals surface area contributed by atoms with E-state index in [-0.39, 0.29) is 34.5 Å². The highest BCUT2D eigenvalue weighted by Gasteiger charge is 2.55. The lowest BCUT2D eigenvalue weighted by atomic mass is 9.89. The predicted molar refractivity (Wildman–Crippen MR) is 87.7 cm³/mol. The number of thioether (sulfide) groups is 2. The van der Waals surface area contributed by atoms with Crippen LogP contribution in [0, 0.1) is 5.41 Å². The lowest BCUT2D eigenvalue weighted by molar-refractivity contribution is -0.155. The minimum absolute atomic E-state index is 0.0380. The van der Waals surface area contributed by atoms with Crippen LogP contribution >= 0.6 is 23.5 Å². The van der Waals surface area contributed by atoms with E-state index in [4.69, 9.17) is 10.9 Å². The van der Waals surface area contributed by atoms with Gasteiger partial charge in [-0.05, 0) is 10.4 Å². The van der Waals surface area contributed by atoms with Crippen LogP contribution in [0.15, 0.2) is 5.16 Å². The van der Waals surface area contributed by atoms with Crippen molar-refractivity contribution in [3.63, 3.8) is 0 Å². The Balaban J connectivity index is 1.73. The second-order valence-corrected chi connectivity index (χ2v) is 9.45. The Morgan fingerprint density at radius 2 is 2.24 bits per heavy atom. The first kappa shape index (κ1) is 18.4. The fourth-order valence-electron chi connectivity index (χ4n) is 2.56. The molecule has 1 aromatic rings. The largest absolute Gasteiger partial charge is 0.481 e. The van der Waals surface area contributed by atoms with Crippen LogP contribution in [0.1, 0.15) is 0 Å². The second kappa shape index (κ2) is 6.39. The van der Waals surface area contributed by atoms with E-state index in [0.29, 0.717) is 0 Å². The number of carboxylic acid groups (broad SMARTS) is 1. The van der Waals surface area contributed by atoms with Crippen molar-refractivity contribution in [1.82, 2.24) is 25.1 Å². The van der Waals surface area contributed by atoms with E-state index in [1.165, 1.54) is 16.7 Å². The number of primary sulfonamides is 1. The summed E-state index contributed by atoms with van der Waals surface area (Å²) in [7, 11) is -3.84. The Morgan fingerprint density at radius 3 is 2.88 bits per heavy atom. The van der Waals surface area contributed by atoms with Crippen molar-refractivity contribution in [1.29, 1.82) is 0 Å². The molecule has 3 rings (SSSR count). The Bertz CT molecular complexity index is 814. The molecular weight excluding hydrogens is 394 g/mol. The molecule has 3 heterocycles. The van der Waals surface area contributed by atoms with Gasteiger partial charge in [-0.1, -0.05) is 11.8 Å². The van der Waals surface area contributed by atoms with Gasteiger partial charge in [0.1, 0.15) is 16.8 Å². The maximum absolute atomic E-state index is 11.8. The van der Waals surface area contributed by atoms with E-state index in [0.717, 1.165) is 16.4 Å². The van der Waals surface area contributed by atoms with Crippen molar-refractivity contribution in [3.05, 3.63) is 0 Å². The van der Waals surface area contributed by atoms with Gasteiger partial charge in [0, 0.05) is 18.1 Å². The van der Waals surface area contributed by atoms with Crippen molar-refractivity contribution in [2.75, 3.05) is 18.1 Å². The van der Waals surface area contributed by atoms with Crippen LogP contribution in [0.25, 0.3) is 0 Å². The van der Waals surface area contributed by atoms with E-state index in [1.807, 2.05) is 0 Å². The number of fused-ring (bicyclic) bond motifs is 1. The highest BCUT2D eigenvalue weighted by molar-refractivity contribution is 8.00. The summed E-state index contributed by atoms with van der Waals surface area (Å²) in [5, 5.41) is 25.2. The van der Waals surface area contributed by atoms with Gasteiger partial charge in [-0.3, -0.25) is 9.59 Å². The third-order valence-corrected chi connectivity index (χ3v) is 7.38. The SMILES string of the molecule is NC1C(=O)N2CC(CSc3nnnn3CS(N)(=O)=O)(C(=O)O)CS[C@H]12. The van der Waals surface area contributed by atoms with Crippen LogP contribution in [0.5, 0.6) is 0 Å². The molecule has 0 spiro atoms. The Labute approximate surface area is 150 Å². The Morgan fingerprint density at radius 1 is 1.52 bits per heavy atom. The standard InChI is InChI=1S/C10H15N7O5S3/c11-5-6(18)16-1-10(8(19)20,2-23-7(5)16)3-24-9-13-14-15-17(9)4-25(12,21)22/h5,7H,1-4,11H2,(H,19,20)(H2,12,21,22)/t5?,7-,10?/m1/s1. The van der Waals surface area contributed by atoms with Crippen molar-refractivity contribution in [3.8, 4) is 0 Å². The van der Waals surface area contributed by atoms with Crippen LogP contribution in [-0.4, -0.2) is 80.0 Å². The molecule has 15 heteroatoms. The molecule has 25 heavy (non-hydrogen) atoms. The molecule has 1 amide bonds. The number of carbonyl (C=O) groups is 2. The van der Waals surface area contributed by atoms with Crippen molar-refractivity contribution < 1.29 is 23.1 Å². The number of tetrazole rings is 1. The molecule has 138 valence electrons. The van der Waals surface area contributed by atoms with Crippen LogP contribution in [0.4, 0.5) is 0 Å². The number of β-lactam (4-membered cyclic amide) rings is 1. The predicted octanol–water partition coefficient (Wildman–Crippen LogP) is -2.68. The number of amides is 1. The highest BCUT2D eigenvalue weighted by atomic mass is 32.2. The first-order valence-corrected chi connectivity index (χ1v) is 10.7. The molecular formula is C10H15N7O5S3. The van der Waals surface area contributed by atoms with Gasteiger partial charge in [-0.15, -0.1) is 16.9 Å². The number of hydrogen-bond acceptors (Lipinski definition) is 10. The van der Waals surface area contributed by atoms with E-state index < -0.39 is 33.3 Å². The molecule has 1 aromatic heterocycles. The van der Waals surface area contributed by atoms with Crippen LogP contribution in [0.2, 0.25) is 0 Å². The maximum atomic E-state index is 11.8. The summed E-state index contributed by atoms with van der Waals surface area (Å²) in [6, 6.07) is -0.591. The maximum Gasteiger partial charge on any atom is 0.313 e. The summed E-state index contributed by atoms with van der Waals surface area (Å²) in [5.74, 6) is -1.60. The van der Waals surface area contributed by atoms with Gasteiger partial charge in [0.2, 0.25) is 21.1 Å². The van der Waals surface area contributed by atoms with E-state index in [2.05, 4.69) is 15.5 Å². The van der Waals surface area contributed by atoms with Gasteiger partial charge in [0.15, 0.2) is 5.88 Å². The molecule has 0 radical (unpaired) electrons. The zero-order valence-electron chi connectivity index (χ0n) is 12.7. The van der Waals surface area contributed by atoms with Gasteiger partial charge in [-0.2, -0.15) is 0 Å². The summed E-state index contributed by atoms with van der Waals surface area (Å²) in [5.41, 5.74) is 4.50. The average Bonchev–Trinajstić information content (AvgIpc) is 2.96. The summed E-state index contributed by atoms with van der Waals surface area (Å²) in [4.78, 5) is 25.1. The average molecular weight is 409 g/mol. The molecule has 0 aromatic carbocycles. The fourth-order valence-corrected chi connectivity index (χ4v) is 5.84. The molecule has 0 saturated carbocycles. The molecule has 2 aliphatic rings. The molecule has 0 bridgehead atoms. The molecule has 5 N–H and O–H groups in total. The number of rotatable bonds is 6. The monoisotopic (exact) mass is 409 g/mol. The molecule has 12 nitrogen and oxygen atoms in total. The fraction of sp³-hybridized carbons (Fsp3) is 0.700. The van der Waals surface area contributed by atoms with Gasteiger partial charge >= 0.3 is 5.97 Å². The summed E-state index contributed by atoms with van der Waals surface area (Å²) < 4.78 is 23.3. The molecule has 3 atom stereocenters. The van der Waals surface area contributed by atoms with Crippen LogP contribution in [-0.2, 0) is 25.5 Å². The molecule has 0 aliphatic carbocycles. The number of carbonyl (C=O) groups excluding carboxylic acids is 1. The molecule has 2 fully saturated rings. The van der Waals surface area contributed by atoms with Gasteiger partial charge in [0.25, 0.3) is 0 Å². The molecule has 2 aliphatic heterocycles. The molecule has 2 unspecified atom stereocenters. The number of nitrogens with zero attached hydrogens (tertiary/aromatic N) is 5. The number of aromatic nitrogens is 4. The zero-order valence-corrected chi connectivity index (χ0v) is 15.1. The minimum atomic E-state index is -3.84. The number of hydrogen-bond donors (Lipinski definition) is 3. The highest BCUT2D eigenvalue weighted by Crippen LogP contribution is 2.43. The van der Waals surface area contributed by atoms with E-state index in [9.17, 15) is 23.1 Å². The van der Waals surface area contributed by atoms with Gasteiger partial charge in [-0.25, -0.2) is 18.2 Å². The van der Waals surface area contributed by atoms with Crippen LogP contribution < -0.4 is 10.9 Å². The smallest absolute Gasteiger partial charge is 0.313 e. The van der Waals surface area contributed by atoms with E-state index in [1.54, 1.807) is 0 Å². The number of aliphatic carboxylic acids is 1. The van der Waals surface area contributed by atoms with Crippen LogP contribution in [0.3, 0.4) is 0 Å². The summed E-state index contributed by atoms with van der Waals surface area (Å²) in [6.45, 7) is 0.0380. The Kier molecular flexibility index (Phi) is 4.69. The summed E-state index contributed by atoms with van der Waals surface area (Å²) in [6.07, 6.45) is 0. The third-order valence-electron chi connectivity index (χ3n) is 3.92. The number of carboxylic acids is 1. The minimum Gasteiger partial charge on any atom is -0.481 e. The topological polar surface area (TPSA) is 187 Å².